The van der Waals surface area contributed by atoms with Gasteiger partial charge in [-0.2, -0.15) is 0 Å². The van der Waals surface area contributed by atoms with Crippen molar-refractivity contribution in [1.29, 1.82) is 0 Å². The second kappa shape index (κ2) is 9.20. The van der Waals surface area contributed by atoms with Gasteiger partial charge in [-0.3, -0.25) is 9.69 Å². The first kappa shape index (κ1) is 16.3. The van der Waals surface area contributed by atoms with Crippen molar-refractivity contribution in [2.75, 3.05) is 40.5 Å². The maximum Gasteiger partial charge on any atom is 0.319 e. The Kier molecular flexibility index (Phi) is 7.50. The molecule has 0 aliphatic carbocycles. The van der Waals surface area contributed by atoms with Crippen LogP contribution in [0.1, 0.15) is 13.3 Å². The van der Waals surface area contributed by atoms with Crippen LogP contribution < -0.4 is 9.47 Å². The normalized spacial score (nSPS) is 10.4. The highest BCUT2D eigenvalue weighted by Crippen LogP contribution is 2.25. The van der Waals surface area contributed by atoms with Gasteiger partial charge in [0.05, 0.1) is 20.8 Å². The number of nitrogens with zero attached hydrogens (tertiary/aromatic N) is 1. The van der Waals surface area contributed by atoms with Crippen LogP contribution in [-0.4, -0.2) is 51.3 Å². The summed E-state index contributed by atoms with van der Waals surface area (Å²) in [6, 6.07) is 7.51. The third-order valence-corrected chi connectivity index (χ3v) is 2.85. The van der Waals surface area contributed by atoms with Crippen molar-refractivity contribution >= 4 is 5.97 Å². The van der Waals surface area contributed by atoms with Crippen molar-refractivity contribution < 1.29 is 19.0 Å². The molecule has 5 nitrogen and oxygen atoms in total. The fourth-order valence-electron chi connectivity index (χ4n) is 1.86. The summed E-state index contributed by atoms with van der Waals surface area (Å²) in [5.74, 6) is 1.20. The predicted molar refractivity (Wildman–Crippen MR) is 77.2 cm³/mol. The van der Waals surface area contributed by atoms with Crippen LogP contribution in [0.3, 0.4) is 0 Å². The molecule has 0 N–H and O–H groups in total. The summed E-state index contributed by atoms with van der Waals surface area (Å²) in [7, 11) is 3.01. The number of esters is 1. The first-order valence-corrected chi connectivity index (χ1v) is 6.76. The van der Waals surface area contributed by atoms with Crippen LogP contribution in [0.15, 0.2) is 24.3 Å². The van der Waals surface area contributed by atoms with Gasteiger partial charge in [0.1, 0.15) is 6.61 Å². The average molecular weight is 281 g/mol. The average Bonchev–Trinajstić information content (AvgIpc) is 2.47. The van der Waals surface area contributed by atoms with Gasteiger partial charge in [0.15, 0.2) is 11.5 Å². The lowest BCUT2D eigenvalue weighted by atomic mass is 10.3. The number of ether oxygens (including phenoxy) is 3. The summed E-state index contributed by atoms with van der Waals surface area (Å²) in [5, 5.41) is 0. The summed E-state index contributed by atoms with van der Waals surface area (Å²) >= 11 is 0. The molecule has 0 spiro atoms. The molecule has 0 aliphatic heterocycles. The molecular formula is C15H23NO4. The highest BCUT2D eigenvalue weighted by molar-refractivity contribution is 5.71. The van der Waals surface area contributed by atoms with Crippen molar-refractivity contribution in [1.82, 2.24) is 4.90 Å². The van der Waals surface area contributed by atoms with Crippen LogP contribution >= 0.6 is 0 Å². The van der Waals surface area contributed by atoms with E-state index in [1.807, 2.05) is 29.2 Å². The molecule has 0 atom stereocenters. The quantitative estimate of drug-likeness (QED) is 0.648. The lowest BCUT2D eigenvalue weighted by Gasteiger charge is -2.20. The molecule has 5 heteroatoms. The zero-order chi connectivity index (χ0) is 14.8. The Hall–Kier alpha value is -1.75. The Morgan fingerprint density at radius 2 is 1.85 bits per heavy atom. The number of rotatable bonds is 9. The standard InChI is InChI=1S/C15H23NO4/c1-4-9-16(12-15(17)19-3)10-11-20-14-8-6-5-7-13(14)18-2/h5-8H,4,9-12H2,1-3H3. The summed E-state index contributed by atoms with van der Waals surface area (Å²) in [6.07, 6.45) is 0.978. The van der Waals surface area contributed by atoms with Gasteiger partial charge in [-0.1, -0.05) is 19.1 Å². The topological polar surface area (TPSA) is 48.0 Å². The zero-order valence-corrected chi connectivity index (χ0v) is 12.4. The van der Waals surface area contributed by atoms with E-state index in [4.69, 9.17) is 9.47 Å². The Bertz CT molecular complexity index is 409. The lowest BCUT2D eigenvalue weighted by molar-refractivity contribution is -0.142. The summed E-state index contributed by atoms with van der Waals surface area (Å²) in [6.45, 7) is 4.37. The van der Waals surface area contributed by atoms with Crippen molar-refractivity contribution in [3.8, 4) is 11.5 Å². The molecule has 1 rings (SSSR count). The van der Waals surface area contributed by atoms with E-state index in [9.17, 15) is 4.79 Å². The molecule has 0 aromatic heterocycles. The first-order chi connectivity index (χ1) is 9.71. The lowest BCUT2D eigenvalue weighted by Crippen LogP contribution is -2.34. The molecule has 0 saturated heterocycles. The Labute approximate surface area is 120 Å². The van der Waals surface area contributed by atoms with E-state index in [2.05, 4.69) is 11.7 Å². The number of para-hydroxylation sites is 2. The summed E-state index contributed by atoms with van der Waals surface area (Å²) in [4.78, 5) is 13.3. The van der Waals surface area contributed by atoms with Crippen LogP contribution in [0.4, 0.5) is 0 Å². The van der Waals surface area contributed by atoms with Gasteiger partial charge in [0, 0.05) is 6.54 Å². The largest absolute Gasteiger partial charge is 0.493 e. The van der Waals surface area contributed by atoms with Crippen LogP contribution in [0, 0.1) is 0 Å². The first-order valence-electron chi connectivity index (χ1n) is 6.76. The minimum Gasteiger partial charge on any atom is -0.493 e. The number of hydrogen-bond acceptors (Lipinski definition) is 5. The highest BCUT2D eigenvalue weighted by atomic mass is 16.5. The monoisotopic (exact) mass is 281 g/mol. The molecule has 0 aliphatic rings. The highest BCUT2D eigenvalue weighted by Gasteiger charge is 2.10. The molecule has 20 heavy (non-hydrogen) atoms. The second-order valence-corrected chi connectivity index (χ2v) is 4.35. The number of hydrogen-bond donors (Lipinski definition) is 0. The van der Waals surface area contributed by atoms with Gasteiger partial charge in [-0.25, -0.2) is 0 Å². The third-order valence-electron chi connectivity index (χ3n) is 2.85. The van der Waals surface area contributed by atoms with E-state index in [0.717, 1.165) is 13.0 Å². The van der Waals surface area contributed by atoms with Crippen molar-refractivity contribution in [3.63, 3.8) is 0 Å². The van der Waals surface area contributed by atoms with Gasteiger partial charge >= 0.3 is 5.97 Å². The molecule has 0 bridgehead atoms. The molecule has 0 amide bonds. The summed E-state index contributed by atoms with van der Waals surface area (Å²) in [5.41, 5.74) is 0. The molecule has 1 aromatic carbocycles. The van der Waals surface area contributed by atoms with E-state index in [0.29, 0.717) is 31.2 Å². The van der Waals surface area contributed by atoms with Crippen LogP contribution in [-0.2, 0) is 9.53 Å². The van der Waals surface area contributed by atoms with E-state index in [1.165, 1.54) is 7.11 Å². The molecule has 0 heterocycles. The van der Waals surface area contributed by atoms with Gasteiger partial charge in [-0.15, -0.1) is 0 Å². The Morgan fingerprint density at radius 1 is 1.15 bits per heavy atom. The van der Waals surface area contributed by atoms with Gasteiger partial charge in [0.25, 0.3) is 0 Å². The number of carbonyl (C=O) groups is 1. The van der Waals surface area contributed by atoms with Crippen molar-refractivity contribution in [2.45, 2.75) is 13.3 Å². The van der Waals surface area contributed by atoms with Crippen molar-refractivity contribution in [3.05, 3.63) is 24.3 Å². The molecule has 0 radical (unpaired) electrons. The van der Waals surface area contributed by atoms with Crippen LogP contribution in [0.2, 0.25) is 0 Å². The minimum atomic E-state index is -0.226. The van der Waals surface area contributed by atoms with Crippen molar-refractivity contribution in [2.24, 2.45) is 0 Å². The SMILES string of the molecule is CCCN(CCOc1ccccc1OC)CC(=O)OC. The van der Waals surface area contributed by atoms with Crippen LogP contribution in [0.25, 0.3) is 0 Å². The predicted octanol–water partition coefficient (Wildman–Crippen LogP) is 1.96. The molecule has 1 aromatic rings. The molecule has 0 fully saturated rings. The van der Waals surface area contributed by atoms with E-state index >= 15 is 0 Å². The Balaban J connectivity index is 2.45. The van der Waals surface area contributed by atoms with E-state index < -0.39 is 0 Å². The van der Waals surface area contributed by atoms with E-state index in [1.54, 1.807) is 7.11 Å². The second-order valence-electron chi connectivity index (χ2n) is 4.35. The minimum absolute atomic E-state index is 0.226. The van der Waals surface area contributed by atoms with Crippen LogP contribution in [0.5, 0.6) is 11.5 Å². The maximum absolute atomic E-state index is 11.3. The maximum atomic E-state index is 11.3. The summed E-state index contributed by atoms with van der Waals surface area (Å²) < 4.78 is 15.6. The Morgan fingerprint density at radius 3 is 2.45 bits per heavy atom. The fraction of sp³-hybridized carbons (Fsp3) is 0.533. The third kappa shape index (κ3) is 5.48. The number of benzene rings is 1. The molecule has 112 valence electrons. The van der Waals surface area contributed by atoms with Gasteiger partial charge in [0.2, 0.25) is 0 Å². The van der Waals surface area contributed by atoms with E-state index in [-0.39, 0.29) is 5.97 Å². The fourth-order valence-corrected chi connectivity index (χ4v) is 1.86. The molecule has 0 unspecified atom stereocenters. The molecular weight excluding hydrogens is 258 g/mol. The van der Waals surface area contributed by atoms with Gasteiger partial charge < -0.3 is 14.2 Å². The number of carbonyl (C=O) groups excluding carboxylic acids is 1. The van der Waals surface area contributed by atoms with Gasteiger partial charge in [-0.05, 0) is 25.1 Å². The zero-order valence-electron chi connectivity index (χ0n) is 12.4. The molecule has 0 saturated carbocycles. The number of methoxy groups -OCH3 is 2. The smallest absolute Gasteiger partial charge is 0.319 e.